The van der Waals surface area contributed by atoms with Crippen molar-refractivity contribution in [3.63, 3.8) is 0 Å². The van der Waals surface area contributed by atoms with Gasteiger partial charge in [-0.1, -0.05) is 0 Å². The van der Waals surface area contributed by atoms with Crippen molar-refractivity contribution in [2.24, 2.45) is 11.8 Å². The fourth-order valence-corrected chi connectivity index (χ4v) is 2.52. The molecule has 0 radical (unpaired) electrons. The lowest BCUT2D eigenvalue weighted by Gasteiger charge is -2.28. The number of rotatable bonds is 2. The van der Waals surface area contributed by atoms with Crippen molar-refractivity contribution in [2.45, 2.75) is 25.7 Å². The molecule has 2 rings (SSSR count). The van der Waals surface area contributed by atoms with E-state index in [-0.39, 0.29) is 0 Å². The molecule has 0 aromatic carbocycles. The third-order valence-corrected chi connectivity index (χ3v) is 3.40. The van der Waals surface area contributed by atoms with Gasteiger partial charge in [-0.2, -0.15) is 0 Å². The molecule has 0 bridgehead atoms. The Labute approximate surface area is 85.6 Å². The second-order valence-electron chi connectivity index (χ2n) is 4.49. The van der Waals surface area contributed by atoms with Crippen molar-refractivity contribution in [2.75, 3.05) is 26.2 Å². The molecule has 2 aliphatic rings. The third-order valence-electron chi connectivity index (χ3n) is 3.40. The van der Waals surface area contributed by atoms with Gasteiger partial charge in [0.25, 0.3) is 0 Å². The Morgan fingerprint density at radius 1 is 0.929 bits per heavy atom. The Morgan fingerprint density at radius 2 is 1.43 bits per heavy atom. The molecule has 2 heterocycles. The molecule has 80 valence electrons. The topological polar surface area (TPSA) is 41.1 Å². The molecule has 3 nitrogen and oxygen atoms in total. The van der Waals surface area contributed by atoms with Gasteiger partial charge in [0.05, 0.1) is 0 Å². The molecule has 0 saturated carbocycles. The highest BCUT2D eigenvalue weighted by Crippen LogP contribution is 2.20. The summed E-state index contributed by atoms with van der Waals surface area (Å²) in [5.41, 5.74) is 0. The summed E-state index contributed by atoms with van der Waals surface area (Å²) in [6, 6.07) is 0. The molecule has 0 spiro atoms. The molecule has 0 aromatic rings. The van der Waals surface area contributed by atoms with Gasteiger partial charge in [-0.15, -0.1) is 0 Å². The van der Waals surface area contributed by atoms with Gasteiger partial charge >= 0.3 is 0 Å². The van der Waals surface area contributed by atoms with Crippen LogP contribution in [0.1, 0.15) is 25.7 Å². The minimum atomic E-state index is 0.300. The van der Waals surface area contributed by atoms with Crippen LogP contribution in [0.2, 0.25) is 0 Å². The first-order chi connectivity index (χ1) is 6.88. The van der Waals surface area contributed by atoms with Crippen LogP contribution in [0, 0.1) is 11.8 Å². The zero-order valence-corrected chi connectivity index (χ0v) is 8.72. The van der Waals surface area contributed by atoms with E-state index in [9.17, 15) is 4.79 Å². The van der Waals surface area contributed by atoms with Gasteiger partial charge in [0.2, 0.25) is 0 Å². The van der Waals surface area contributed by atoms with E-state index in [1.54, 1.807) is 0 Å². The lowest BCUT2D eigenvalue weighted by Crippen LogP contribution is -2.42. The Bertz CT molecular complexity index is 173. The van der Waals surface area contributed by atoms with Gasteiger partial charge in [0.1, 0.15) is 5.78 Å². The SMILES string of the molecule is O=C(C1CCCNC1)C1CCCNC1. The van der Waals surface area contributed by atoms with Gasteiger partial charge in [-0.25, -0.2) is 0 Å². The van der Waals surface area contributed by atoms with E-state index >= 15 is 0 Å². The van der Waals surface area contributed by atoms with Crippen LogP contribution in [0.25, 0.3) is 0 Å². The maximum Gasteiger partial charge on any atom is 0.141 e. The van der Waals surface area contributed by atoms with Crippen LogP contribution < -0.4 is 10.6 Å². The molecule has 0 amide bonds. The fourth-order valence-electron chi connectivity index (χ4n) is 2.52. The molecule has 14 heavy (non-hydrogen) atoms. The van der Waals surface area contributed by atoms with Gasteiger partial charge in [0.15, 0.2) is 0 Å². The fraction of sp³-hybridized carbons (Fsp3) is 0.909. The van der Waals surface area contributed by atoms with Crippen molar-refractivity contribution < 1.29 is 4.79 Å². The van der Waals surface area contributed by atoms with Crippen LogP contribution in [-0.4, -0.2) is 32.0 Å². The van der Waals surface area contributed by atoms with Crippen LogP contribution in [0.15, 0.2) is 0 Å². The first-order valence-corrected chi connectivity index (χ1v) is 5.83. The van der Waals surface area contributed by atoms with Crippen LogP contribution >= 0.6 is 0 Å². The summed E-state index contributed by atoms with van der Waals surface area (Å²) in [4.78, 5) is 12.1. The zero-order valence-electron chi connectivity index (χ0n) is 8.72. The molecule has 2 atom stereocenters. The molecule has 2 N–H and O–H groups in total. The second-order valence-corrected chi connectivity index (χ2v) is 4.49. The Kier molecular flexibility index (Phi) is 3.54. The molecule has 2 saturated heterocycles. The molecule has 2 aliphatic heterocycles. The zero-order chi connectivity index (χ0) is 9.80. The predicted molar refractivity (Wildman–Crippen MR) is 56.2 cm³/mol. The molecular formula is C11H20N2O. The van der Waals surface area contributed by atoms with Gasteiger partial charge in [0, 0.05) is 24.9 Å². The first-order valence-electron chi connectivity index (χ1n) is 5.83. The minimum Gasteiger partial charge on any atom is -0.316 e. The molecule has 0 aromatic heterocycles. The van der Waals surface area contributed by atoms with Crippen LogP contribution in [-0.2, 0) is 4.79 Å². The maximum atomic E-state index is 12.1. The molecular weight excluding hydrogens is 176 g/mol. The number of Topliss-reactive ketones (excluding diaryl/α,β-unsaturated/α-hetero) is 1. The number of piperidine rings is 2. The highest BCUT2D eigenvalue weighted by atomic mass is 16.1. The normalized spacial score (nSPS) is 34.0. The number of nitrogens with one attached hydrogen (secondary N) is 2. The van der Waals surface area contributed by atoms with Crippen LogP contribution in [0.3, 0.4) is 0 Å². The van der Waals surface area contributed by atoms with E-state index in [4.69, 9.17) is 0 Å². The summed E-state index contributed by atoms with van der Waals surface area (Å²) < 4.78 is 0. The highest BCUT2D eigenvalue weighted by molar-refractivity contribution is 5.84. The molecule has 0 aliphatic carbocycles. The van der Waals surface area contributed by atoms with E-state index in [1.165, 1.54) is 0 Å². The standard InChI is InChI=1S/C11H20N2O/c14-11(9-3-1-5-12-7-9)10-4-2-6-13-8-10/h9-10,12-13H,1-8H2. The smallest absolute Gasteiger partial charge is 0.141 e. The monoisotopic (exact) mass is 196 g/mol. The number of ketones is 1. The Morgan fingerprint density at radius 3 is 1.79 bits per heavy atom. The van der Waals surface area contributed by atoms with Gasteiger partial charge in [-0.3, -0.25) is 4.79 Å². The van der Waals surface area contributed by atoms with E-state index in [1.807, 2.05) is 0 Å². The van der Waals surface area contributed by atoms with E-state index in [0.717, 1.165) is 51.9 Å². The second kappa shape index (κ2) is 4.89. The summed E-state index contributed by atoms with van der Waals surface area (Å²) in [5, 5.41) is 6.63. The summed E-state index contributed by atoms with van der Waals surface area (Å²) >= 11 is 0. The Hall–Kier alpha value is -0.410. The quantitative estimate of drug-likeness (QED) is 0.678. The summed E-state index contributed by atoms with van der Waals surface area (Å²) in [6.45, 7) is 4.00. The summed E-state index contributed by atoms with van der Waals surface area (Å²) in [5.74, 6) is 1.10. The van der Waals surface area contributed by atoms with Crippen LogP contribution in [0.4, 0.5) is 0 Å². The average Bonchev–Trinajstić information content (AvgIpc) is 2.30. The molecule has 3 heteroatoms. The number of hydrogen-bond acceptors (Lipinski definition) is 3. The van der Waals surface area contributed by atoms with Gasteiger partial charge < -0.3 is 10.6 Å². The lowest BCUT2D eigenvalue weighted by molar-refractivity contribution is -0.127. The van der Waals surface area contributed by atoms with E-state index in [2.05, 4.69) is 10.6 Å². The van der Waals surface area contributed by atoms with Gasteiger partial charge in [-0.05, 0) is 38.8 Å². The average molecular weight is 196 g/mol. The third kappa shape index (κ3) is 2.34. The largest absolute Gasteiger partial charge is 0.316 e. The molecule has 2 unspecified atom stereocenters. The van der Waals surface area contributed by atoms with Crippen molar-refractivity contribution in [1.29, 1.82) is 0 Å². The van der Waals surface area contributed by atoms with Crippen molar-refractivity contribution >= 4 is 5.78 Å². The highest BCUT2D eigenvalue weighted by Gasteiger charge is 2.28. The summed E-state index contributed by atoms with van der Waals surface area (Å²) in [7, 11) is 0. The van der Waals surface area contributed by atoms with E-state index in [0.29, 0.717) is 17.6 Å². The lowest BCUT2D eigenvalue weighted by atomic mass is 9.84. The number of hydrogen-bond donors (Lipinski definition) is 2. The van der Waals surface area contributed by atoms with E-state index < -0.39 is 0 Å². The first kappa shape index (κ1) is 10.1. The van der Waals surface area contributed by atoms with Crippen molar-refractivity contribution in [1.82, 2.24) is 10.6 Å². The molecule has 2 fully saturated rings. The summed E-state index contributed by atoms with van der Waals surface area (Å²) in [6.07, 6.45) is 4.53. The minimum absolute atomic E-state index is 0.300. The predicted octanol–water partition coefficient (Wildman–Crippen LogP) is 0.555. The number of carbonyl (C=O) groups is 1. The maximum absolute atomic E-state index is 12.1. The Balaban J connectivity index is 1.85. The number of carbonyl (C=O) groups excluding carboxylic acids is 1. The van der Waals surface area contributed by atoms with Crippen molar-refractivity contribution in [3.8, 4) is 0 Å². The van der Waals surface area contributed by atoms with Crippen LogP contribution in [0.5, 0.6) is 0 Å². The van der Waals surface area contributed by atoms with Crippen molar-refractivity contribution in [3.05, 3.63) is 0 Å².